The molecule has 0 fully saturated rings. The number of aromatic nitrogens is 2. The number of hydrogen-bond donors (Lipinski definition) is 0. The van der Waals surface area contributed by atoms with Crippen molar-refractivity contribution in [2.45, 2.75) is 26.8 Å². The molecule has 90 valence electrons. The lowest BCUT2D eigenvalue weighted by Crippen LogP contribution is -2.13. The number of aryl methyl sites for hydroxylation is 1. The molecule has 2 rings (SSSR count). The first-order valence-corrected chi connectivity index (χ1v) is 6.60. The van der Waals surface area contributed by atoms with Crippen LogP contribution in [0.1, 0.15) is 40.8 Å². The van der Waals surface area contributed by atoms with Crippen LogP contribution in [0.4, 0.5) is 0 Å². The largest absolute Gasteiger partial charge is 0.286 e. The maximum Gasteiger partial charge on any atom is 0.222 e. The van der Waals surface area contributed by atoms with Gasteiger partial charge in [0.1, 0.15) is 5.69 Å². The summed E-state index contributed by atoms with van der Waals surface area (Å²) in [4.78, 5) is 13.1. The van der Waals surface area contributed by atoms with Crippen molar-refractivity contribution in [3.8, 4) is 0 Å². The molecule has 0 aromatic carbocycles. The van der Waals surface area contributed by atoms with Crippen LogP contribution < -0.4 is 0 Å². The second-order valence-electron chi connectivity index (χ2n) is 4.14. The molecule has 0 amide bonds. The second kappa shape index (κ2) is 4.63. The van der Waals surface area contributed by atoms with Crippen LogP contribution in [0, 0.1) is 6.92 Å². The van der Waals surface area contributed by atoms with Crippen molar-refractivity contribution in [3.05, 3.63) is 38.8 Å². The van der Waals surface area contributed by atoms with Crippen molar-refractivity contribution in [1.29, 1.82) is 0 Å². The molecular weight excluding hydrogens is 256 g/mol. The molecule has 0 N–H and O–H groups in total. The Balaban J connectivity index is 2.51. The third-order valence-electron chi connectivity index (χ3n) is 2.52. The van der Waals surface area contributed by atoms with E-state index in [1.54, 1.807) is 4.68 Å². The predicted octanol–water partition coefficient (Wildman–Crippen LogP) is 3.72. The van der Waals surface area contributed by atoms with Crippen LogP contribution in [-0.4, -0.2) is 15.6 Å². The molecule has 0 spiro atoms. The van der Waals surface area contributed by atoms with Crippen molar-refractivity contribution in [2.75, 3.05) is 0 Å². The highest BCUT2D eigenvalue weighted by Gasteiger charge is 2.22. The van der Waals surface area contributed by atoms with Gasteiger partial charge < -0.3 is 0 Å². The third kappa shape index (κ3) is 2.15. The fraction of sp³-hybridized carbons (Fsp3) is 0.333. The molecule has 2 heterocycles. The van der Waals surface area contributed by atoms with Gasteiger partial charge in [0.15, 0.2) is 0 Å². The lowest BCUT2D eigenvalue weighted by atomic mass is 10.1. The number of ketones is 1. The van der Waals surface area contributed by atoms with E-state index in [1.165, 1.54) is 17.5 Å². The first kappa shape index (κ1) is 12.3. The quantitative estimate of drug-likeness (QED) is 0.795. The van der Waals surface area contributed by atoms with Crippen LogP contribution in [0.25, 0.3) is 0 Å². The minimum Gasteiger partial charge on any atom is -0.286 e. The van der Waals surface area contributed by atoms with Gasteiger partial charge in [0, 0.05) is 6.04 Å². The number of rotatable bonds is 3. The SMILES string of the molecule is Cc1ccsc1C(=O)c1c(Cl)cnn1C(C)C. The van der Waals surface area contributed by atoms with Crippen molar-refractivity contribution < 1.29 is 4.79 Å². The molecule has 0 aliphatic heterocycles. The summed E-state index contributed by atoms with van der Waals surface area (Å²) < 4.78 is 1.67. The van der Waals surface area contributed by atoms with Crippen molar-refractivity contribution in [2.24, 2.45) is 0 Å². The fourth-order valence-electron chi connectivity index (χ4n) is 1.66. The molecular formula is C12H13ClN2OS. The van der Waals surface area contributed by atoms with Crippen molar-refractivity contribution in [1.82, 2.24) is 9.78 Å². The minimum atomic E-state index is -0.0475. The Morgan fingerprint density at radius 1 is 1.53 bits per heavy atom. The van der Waals surface area contributed by atoms with E-state index in [1.807, 2.05) is 32.2 Å². The van der Waals surface area contributed by atoms with Crippen LogP contribution >= 0.6 is 22.9 Å². The van der Waals surface area contributed by atoms with Crippen molar-refractivity contribution >= 4 is 28.7 Å². The zero-order chi connectivity index (χ0) is 12.6. The summed E-state index contributed by atoms with van der Waals surface area (Å²) in [5.41, 5.74) is 1.46. The Bertz CT molecular complexity index is 557. The maximum absolute atomic E-state index is 12.4. The van der Waals surface area contributed by atoms with E-state index in [-0.39, 0.29) is 11.8 Å². The van der Waals surface area contributed by atoms with Gasteiger partial charge in [0.25, 0.3) is 0 Å². The molecule has 0 radical (unpaired) electrons. The smallest absolute Gasteiger partial charge is 0.222 e. The summed E-state index contributed by atoms with van der Waals surface area (Å²) >= 11 is 7.49. The highest BCUT2D eigenvalue weighted by atomic mass is 35.5. The minimum absolute atomic E-state index is 0.0475. The maximum atomic E-state index is 12.4. The van der Waals surface area contributed by atoms with Crippen LogP contribution in [0.3, 0.4) is 0 Å². The van der Waals surface area contributed by atoms with Crippen LogP contribution in [-0.2, 0) is 0 Å². The lowest BCUT2D eigenvalue weighted by molar-refractivity contribution is 0.103. The highest BCUT2D eigenvalue weighted by Crippen LogP contribution is 2.26. The van der Waals surface area contributed by atoms with Crippen LogP contribution in [0.15, 0.2) is 17.6 Å². The van der Waals surface area contributed by atoms with Crippen molar-refractivity contribution in [3.63, 3.8) is 0 Å². The monoisotopic (exact) mass is 268 g/mol. The molecule has 0 saturated carbocycles. The molecule has 0 aliphatic rings. The van der Waals surface area contributed by atoms with Gasteiger partial charge in [-0.2, -0.15) is 5.10 Å². The van der Waals surface area contributed by atoms with E-state index in [0.29, 0.717) is 10.7 Å². The number of thiophene rings is 1. The molecule has 2 aromatic heterocycles. The average Bonchev–Trinajstić information content (AvgIpc) is 2.83. The van der Waals surface area contributed by atoms with Gasteiger partial charge in [-0.05, 0) is 37.8 Å². The van der Waals surface area contributed by atoms with Gasteiger partial charge in [0.05, 0.1) is 16.1 Å². The normalized spacial score (nSPS) is 11.1. The summed E-state index contributed by atoms with van der Waals surface area (Å²) in [6, 6.07) is 2.05. The van der Waals surface area contributed by atoms with E-state index in [4.69, 9.17) is 11.6 Å². The van der Waals surface area contributed by atoms with Gasteiger partial charge in [-0.25, -0.2) is 0 Å². The number of hydrogen-bond acceptors (Lipinski definition) is 3. The molecule has 17 heavy (non-hydrogen) atoms. The number of carbonyl (C=O) groups excluding carboxylic acids is 1. The Kier molecular flexibility index (Phi) is 3.35. The topological polar surface area (TPSA) is 34.9 Å². The lowest BCUT2D eigenvalue weighted by Gasteiger charge is -2.10. The number of halogens is 1. The molecule has 0 aliphatic carbocycles. The van der Waals surface area contributed by atoms with Gasteiger partial charge in [-0.15, -0.1) is 11.3 Å². The predicted molar refractivity (Wildman–Crippen MR) is 70.1 cm³/mol. The molecule has 3 nitrogen and oxygen atoms in total. The Hall–Kier alpha value is -1.13. The average molecular weight is 269 g/mol. The molecule has 0 bridgehead atoms. The number of nitrogens with zero attached hydrogens (tertiary/aromatic N) is 2. The summed E-state index contributed by atoms with van der Waals surface area (Å²) in [6.45, 7) is 5.87. The van der Waals surface area contributed by atoms with Crippen LogP contribution in [0.5, 0.6) is 0 Å². The first-order valence-electron chi connectivity index (χ1n) is 5.34. The standard InChI is InChI=1S/C12H13ClN2OS/c1-7(2)15-10(9(13)6-14-15)11(16)12-8(3)4-5-17-12/h4-7H,1-3H3. The second-order valence-corrected chi connectivity index (χ2v) is 5.46. The molecule has 2 aromatic rings. The molecule has 0 saturated heterocycles. The highest BCUT2D eigenvalue weighted by molar-refractivity contribution is 7.12. The fourth-order valence-corrected chi connectivity index (χ4v) is 2.74. The summed E-state index contributed by atoms with van der Waals surface area (Å²) in [7, 11) is 0. The molecule has 0 unspecified atom stereocenters. The Morgan fingerprint density at radius 2 is 2.24 bits per heavy atom. The number of carbonyl (C=O) groups is 1. The zero-order valence-electron chi connectivity index (χ0n) is 9.90. The summed E-state index contributed by atoms with van der Waals surface area (Å²) in [5.74, 6) is -0.0475. The zero-order valence-corrected chi connectivity index (χ0v) is 11.5. The van der Waals surface area contributed by atoms with E-state index < -0.39 is 0 Å². The molecule has 5 heteroatoms. The van der Waals surface area contributed by atoms with E-state index in [0.717, 1.165) is 10.4 Å². The van der Waals surface area contributed by atoms with Gasteiger partial charge in [0.2, 0.25) is 5.78 Å². The van der Waals surface area contributed by atoms with Crippen LogP contribution in [0.2, 0.25) is 5.02 Å². The molecule has 0 atom stereocenters. The van der Waals surface area contributed by atoms with Gasteiger partial charge in [-0.3, -0.25) is 9.48 Å². The van der Waals surface area contributed by atoms with E-state index >= 15 is 0 Å². The summed E-state index contributed by atoms with van der Waals surface area (Å²) in [6.07, 6.45) is 1.53. The van der Waals surface area contributed by atoms with Gasteiger partial charge in [-0.1, -0.05) is 11.6 Å². The van der Waals surface area contributed by atoms with Gasteiger partial charge >= 0.3 is 0 Å². The summed E-state index contributed by atoms with van der Waals surface area (Å²) in [5, 5.41) is 6.47. The van der Waals surface area contributed by atoms with E-state index in [9.17, 15) is 4.79 Å². The first-order chi connectivity index (χ1) is 8.02. The Labute approximate surface area is 109 Å². The third-order valence-corrected chi connectivity index (χ3v) is 3.82. The Morgan fingerprint density at radius 3 is 2.76 bits per heavy atom. The van der Waals surface area contributed by atoms with E-state index in [2.05, 4.69) is 5.10 Å².